The molecule has 3 aromatic rings. The zero-order chi connectivity index (χ0) is 14.4. The Balaban J connectivity index is 1.90. The van der Waals surface area contributed by atoms with Crippen LogP contribution in [0.3, 0.4) is 0 Å². The second kappa shape index (κ2) is 4.86. The van der Waals surface area contributed by atoms with E-state index in [0.717, 1.165) is 34.8 Å². The largest absolute Gasteiger partial charge is 0.329 e. The number of benzene rings is 2. The molecule has 0 spiro atoms. The van der Waals surface area contributed by atoms with Crippen molar-refractivity contribution in [3.63, 3.8) is 0 Å². The molecular formula is C17H16ClN3. The van der Waals surface area contributed by atoms with Crippen LogP contribution >= 0.6 is 11.6 Å². The van der Waals surface area contributed by atoms with E-state index in [9.17, 15) is 0 Å². The van der Waals surface area contributed by atoms with E-state index in [1.54, 1.807) is 0 Å². The first kappa shape index (κ1) is 12.9. The lowest BCUT2D eigenvalue weighted by molar-refractivity contribution is 0.532. The fourth-order valence-corrected chi connectivity index (χ4v) is 3.35. The summed E-state index contributed by atoms with van der Waals surface area (Å²) >= 11 is 6.08. The van der Waals surface area contributed by atoms with Gasteiger partial charge in [-0.15, -0.1) is 0 Å². The molecule has 0 fully saturated rings. The average Bonchev–Trinajstić information content (AvgIpc) is 2.83. The van der Waals surface area contributed by atoms with E-state index < -0.39 is 0 Å². The zero-order valence-corrected chi connectivity index (χ0v) is 12.6. The highest BCUT2D eigenvalue weighted by Gasteiger charge is 2.25. The predicted octanol–water partition coefficient (Wildman–Crippen LogP) is 3.46. The van der Waals surface area contributed by atoms with Gasteiger partial charge in [-0.2, -0.15) is 0 Å². The molecular weight excluding hydrogens is 282 g/mol. The SMILES string of the molecule is Cn1c(C2NCCc3ccccc32)nc2cc(Cl)ccc21. The molecule has 2 aromatic carbocycles. The van der Waals surface area contributed by atoms with Crippen molar-refractivity contribution >= 4 is 22.6 Å². The number of fused-ring (bicyclic) bond motifs is 2. The van der Waals surface area contributed by atoms with E-state index in [1.807, 2.05) is 18.2 Å². The Morgan fingerprint density at radius 3 is 3.00 bits per heavy atom. The third-order valence-electron chi connectivity index (χ3n) is 4.24. The van der Waals surface area contributed by atoms with Crippen LogP contribution in [0, 0.1) is 0 Å². The Kier molecular flexibility index (Phi) is 2.98. The van der Waals surface area contributed by atoms with E-state index in [1.165, 1.54) is 11.1 Å². The lowest BCUT2D eigenvalue weighted by Gasteiger charge is -2.26. The van der Waals surface area contributed by atoms with E-state index in [-0.39, 0.29) is 6.04 Å². The molecule has 106 valence electrons. The molecule has 2 heterocycles. The Bertz CT molecular complexity index is 822. The molecule has 4 heteroatoms. The summed E-state index contributed by atoms with van der Waals surface area (Å²) in [6, 6.07) is 14.6. The predicted molar refractivity (Wildman–Crippen MR) is 85.7 cm³/mol. The highest BCUT2D eigenvalue weighted by atomic mass is 35.5. The average molecular weight is 298 g/mol. The van der Waals surface area contributed by atoms with Gasteiger partial charge in [0.25, 0.3) is 0 Å². The summed E-state index contributed by atoms with van der Waals surface area (Å²) in [4.78, 5) is 4.81. The first-order chi connectivity index (χ1) is 10.2. The van der Waals surface area contributed by atoms with Crippen molar-refractivity contribution < 1.29 is 0 Å². The summed E-state index contributed by atoms with van der Waals surface area (Å²) in [5.74, 6) is 1.04. The molecule has 1 unspecified atom stereocenters. The lowest BCUT2D eigenvalue weighted by atomic mass is 9.94. The van der Waals surface area contributed by atoms with Gasteiger partial charge >= 0.3 is 0 Å². The Morgan fingerprint density at radius 2 is 2.10 bits per heavy atom. The number of nitrogens with zero attached hydrogens (tertiary/aromatic N) is 2. The van der Waals surface area contributed by atoms with Gasteiger partial charge in [0.05, 0.1) is 17.1 Å². The van der Waals surface area contributed by atoms with Gasteiger partial charge in [0.2, 0.25) is 0 Å². The van der Waals surface area contributed by atoms with Crippen LogP contribution < -0.4 is 5.32 Å². The van der Waals surface area contributed by atoms with Crippen molar-refractivity contribution in [1.82, 2.24) is 14.9 Å². The Hall–Kier alpha value is -1.84. The highest BCUT2D eigenvalue weighted by molar-refractivity contribution is 6.31. The highest BCUT2D eigenvalue weighted by Crippen LogP contribution is 2.30. The molecule has 1 atom stereocenters. The molecule has 1 aliphatic heterocycles. The van der Waals surface area contributed by atoms with Crippen LogP contribution in [0.25, 0.3) is 11.0 Å². The molecule has 0 amide bonds. The molecule has 1 aliphatic rings. The molecule has 1 aromatic heterocycles. The maximum atomic E-state index is 6.08. The summed E-state index contributed by atoms with van der Waals surface area (Å²) in [5, 5.41) is 4.32. The van der Waals surface area contributed by atoms with Crippen molar-refractivity contribution in [1.29, 1.82) is 0 Å². The number of rotatable bonds is 1. The van der Waals surface area contributed by atoms with E-state index in [2.05, 4.69) is 41.2 Å². The first-order valence-electron chi connectivity index (χ1n) is 7.17. The van der Waals surface area contributed by atoms with E-state index in [4.69, 9.17) is 16.6 Å². The third kappa shape index (κ3) is 2.04. The van der Waals surface area contributed by atoms with Crippen molar-refractivity contribution in [2.75, 3.05) is 6.54 Å². The topological polar surface area (TPSA) is 29.9 Å². The van der Waals surface area contributed by atoms with Crippen LogP contribution in [0.5, 0.6) is 0 Å². The molecule has 0 saturated carbocycles. The van der Waals surface area contributed by atoms with Crippen LogP contribution in [0.4, 0.5) is 0 Å². The van der Waals surface area contributed by atoms with Gasteiger partial charge in [-0.1, -0.05) is 35.9 Å². The lowest BCUT2D eigenvalue weighted by Crippen LogP contribution is -2.32. The van der Waals surface area contributed by atoms with E-state index >= 15 is 0 Å². The first-order valence-corrected chi connectivity index (χ1v) is 7.55. The van der Waals surface area contributed by atoms with Crippen LogP contribution in [-0.4, -0.2) is 16.1 Å². The summed E-state index contributed by atoms with van der Waals surface area (Å²) in [7, 11) is 2.07. The van der Waals surface area contributed by atoms with Gasteiger partial charge < -0.3 is 9.88 Å². The third-order valence-corrected chi connectivity index (χ3v) is 4.48. The number of aryl methyl sites for hydroxylation is 1. The second-order valence-electron chi connectivity index (χ2n) is 5.50. The minimum Gasteiger partial charge on any atom is -0.329 e. The maximum absolute atomic E-state index is 6.08. The normalized spacial score (nSPS) is 17.9. The van der Waals surface area contributed by atoms with Crippen molar-refractivity contribution in [2.24, 2.45) is 7.05 Å². The molecule has 0 aliphatic carbocycles. The minimum atomic E-state index is 0.145. The molecule has 0 bridgehead atoms. The van der Waals surface area contributed by atoms with Crippen LogP contribution in [0.15, 0.2) is 42.5 Å². The van der Waals surface area contributed by atoms with Crippen molar-refractivity contribution in [3.8, 4) is 0 Å². The quantitative estimate of drug-likeness (QED) is 0.745. The second-order valence-corrected chi connectivity index (χ2v) is 5.93. The number of hydrogen-bond acceptors (Lipinski definition) is 2. The Labute approximate surface area is 128 Å². The molecule has 0 saturated heterocycles. The fourth-order valence-electron chi connectivity index (χ4n) is 3.18. The summed E-state index contributed by atoms with van der Waals surface area (Å²) in [6.07, 6.45) is 1.07. The number of imidazole rings is 1. The van der Waals surface area contributed by atoms with Gasteiger partial charge in [0.1, 0.15) is 5.82 Å². The van der Waals surface area contributed by atoms with Crippen molar-refractivity contribution in [2.45, 2.75) is 12.5 Å². The molecule has 3 nitrogen and oxygen atoms in total. The van der Waals surface area contributed by atoms with Crippen LogP contribution in [-0.2, 0) is 13.5 Å². The fraction of sp³-hybridized carbons (Fsp3) is 0.235. The molecule has 4 rings (SSSR count). The summed E-state index contributed by atoms with van der Waals surface area (Å²) in [5.41, 5.74) is 4.80. The van der Waals surface area contributed by atoms with E-state index in [0.29, 0.717) is 0 Å². The monoisotopic (exact) mass is 297 g/mol. The number of halogens is 1. The number of hydrogen-bond donors (Lipinski definition) is 1. The van der Waals surface area contributed by atoms with Crippen LogP contribution in [0.2, 0.25) is 5.02 Å². The van der Waals surface area contributed by atoms with Gasteiger partial charge in [-0.3, -0.25) is 0 Å². The zero-order valence-electron chi connectivity index (χ0n) is 11.8. The van der Waals surface area contributed by atoms with Gasteiger partial charge in [0.15, 0.2) is 0 Å². The van der Waals surface area contributed by atoms with Crippen LogP contribution in [0.1, 0.15) is 23.0 Å². The summed E-state index contributed by atoms with van der Waals surface area (Å²) in [6.45, 7) is 0.978. The number of nitrogens with one attached hydrogen (secondary N) is 1. The summed E-state index contributed by atoms with van der Waals surface area (Å²) < 4.78 is 2.16. The molecule has 1 N–H and O–H groups in total. The molecule has 21 heavy (non-hydrogen) atoms. The van der Waals surface area contributed by atoms with Crippen molar-refractivity contribution in [3.05, 3.63) is 64.4 Å². The maximum Gasteiger partial charge on any atom is 0.131 e. The standard InChI is InChI=1S/C17H16ClN3/c1-21-15-7-6-12(18)10-14(15)20-17(21)16-13-5-3-2-4-11(13)8-9-19-16/h2-7,10,16,19H,8-9H2,1H3. The Morgan fingerprint density at radius 1 is 1.24 bits per heavy atom. The minimum absolute atomic E-state index is 0.145. The number of aromatic nitrogens is 2. The van der Waals surface area contributed by atoms with Gasteiger partial charge in [-0.25, -0.2) is 4.98 Å². The van der Waals surface area contributed by atoms with Gasteiger partial charge in [0, 0.05) is 18.6 Å². The molecule has 0 radical (unpaired) electrons. The van der Waals surface area contributed by atoms with Gasteiger partial charge in [-0.05, 0) is 35.7 Å². The smallest absolute Gasteiger partial charge is 0.131 e.